The molecule has 1 atom stereocenters. The van der Waals surface area contributed by atoms with Crippen molar-refractivity contribution in [2.45, 2.75) is 12.8 Å². The summed E-state index contributed by atoms with van der Waals surface area (Å²) in [6.45, 7) is 3.20. The van der Waals surface area contributed by atoms with Crippen molar-refractivity contribution >= 4 is 27.3 Å². The molecule has 2 rings (SSSR count). The molecule has 0 spiro atoms. The van der Waals surface area contributed by atoms with Crippen molar-refractivity contribution in [1.29, 1.82) is 0 Å². The number of halogens is 1. The summed E-state index contributed by atoms with van der Waals surface area (Å²) in [5.41, 5.74) is 1.02. The van der Waals surface area contributed by atoms with E-state index in [1.54, 1.807) is 12.1 Å². The Balaban J connectivity index is 1.92. The molecule has 6 heteroatoms. The molecule has 0 aliphatic carbocycles. The third-order valence-corrected chi connectivity index (χ3v) is 4.10. The van der Waals surface area contributed by atoms with Gasteiger partial charge in [-0.25, -0.2) is 0 Å². The van der Waals surface area contributed by atoms with E-state index < -0.39 is 0 Å². The molecule has 104 valence electrons. The van der Waals surface area contributed by atoms with Crippen molar-refractivity contribution in [3.8, 4) is 0 Å². The highest BCUT2D eigenvalue weighted by molar-refractivity contribution is 9.10. The minimum atomic E-state index is -0.385. The summed E-state index contributed by atoms with van der Waals surface area (Å²) in [5, 5.41) is 14.1. The minimum absolute atomic E-state index is 0.1000. The molecule has 1 aromatic carbocycles. The second-order valence-corrected chi connectivity index (χ2v) is 5.93. The molecular weight excluding hydrogens is 310 g/mol. The van der Waals surface area contributed by atoms with E-state index in [4.69, 9.17) is 0 Å². The Labute approximate surface area is 121 Å². The van der Waals surface area contributed by atoms with Gasteiger partial charge in [-0.1, -0.05) is 0 Å². The van der Waals surface area contributed by atoms with Crippen LogP contribution in [-0.4, -0.2) is 36.5 Å². The van der Waals surface area contributed by atoms with E-state index in [0.717, 1.165) is 18.8 Å². The lowest BCUT2D eigenvalue weighted by Crippen LogP contribution is -2.35. The zero-order valence-corrected chi connectivity index (χ0v) is 12.5. The minimum Gasteiger partial charge on any atom is -0.385 e. The molecule has 1 aromatic rings. The van der Waals surface area contributed by atoms with Crippen molar-refractivity contribution in [1.82, 2.24) is 4.90 Å². The summed E-state index contributed by atoms with van der Waals surface area (Å²) in [6, 6.07) is 5.06. The fourth-order valence-electron chi connectivity index (χ4n) is 2.47. The molecule has 1 aliphatic rings. The Kier molecular flexibility index (Phi) is 4.76. The predicted molar refractivity (Wildman–Crippen MR) is 79.5 cm³/mol. The molecule has 1 N–H and O–H groups in total. The highest BCUT2D eigenvalue weighted by atomic mass is 79.9. The van der Waals surface area contributed by atoms with E-state index in [9.17, 15) is 10.1 Å². The fourth-order valence-corrected chi connectivity index (χ4v) is 2.99. The normalized spacial score (nSPS) is 20.2. The van der Waals surface area contributed by atoms with Crippen LogP contribution in [0.2, 0.25) is 0 Å². The molecule has 1 saturated heterocycles. The summed E-state index contributed by atoms with van der Waals surface area (Å²) >= 11 is 3.23. The third kappa shape index (κ3) is 3.91. The fraction of sp³-hybridized carbons (Fsp3) is 0.538. The van der Waals surface area contributed by atoms with Crippen molar-refractivity contribution in [3.63, 3.8) is 0 Å². The molecule has 1 unspecified atom stereocenters. The summed E-state index contributed by atoms with van der Waals surface area (Å²) in [6.07, 6.45) is 2.48. The second kappa shape index (κ2) is 6.34. The lowest BCUT2D eigenvalue weighted by Gasteiger charge is -2.29. The maximum atomic E-state index is 10.7. The number of piperidine rings is 1. The van der Waals surface area contributed by atoms with Crippen LogP contribution in [0.15, 0.2) is 22.7 Å². The smallest absolute Gasteiger partial charge is 0.283 e. The quantitative estimate of drug-likeness (QED) is 0.681. The van der Waals surface area contributed by atoms with Crippen LogP contribution in [0, 0.1) is 16.0 Å². The Bertz CT molecular complexity index is 467. The number of likely N-dealkylation sites (tertiary alicyclic amines) is 1. The first-order chi connectivity index (χ1) is 9.06. The number of nitrogens with zero attached hydrogens (tertiary/aromatic N) is 2. The first kappa shape index (κ1) is 14.3. The number of rotatable bonds is 4. The molecule has 1 fully saturated rings. The van der Waals surface area contributed by atoms with Gasteiger partial charge in [-0.15, -0.1) is 0 Å². The van der Waals surface area contributed by atoms with Gasteiger partial charge < -0.3 is 10.2 Å². The number of hydrogen-bond acceptors (Lipinski definition) is 4. The molecular formula is C13H18BrN3O2. The van der Waals surface area contributed by atoms with Gasteiger partial charge in [0.25, 0.3) is 5.69 Å². The Morgan fingerprint density at radius 1 is 1.58 bits per heavy atom. The largest absolute Gasteiger partial charge is 0.385 e. The van der Waals surface area contributed by atoms with Crippen LogP contribution in [0.4, 0.5) is 11.4 Å². The molecule has 19 heavy (non-hydrogen) atoms. The molecule has 0 saturated carbocycles. The second-order valence-electron chi connectivity index (χ2n) is 5.07. The topological polar surface area (TPSA) is 58.4 Å². The van der Waals surface area contributed by atoms with Crippen LogP contribution in [0.3, 0.4) is 0 Å². The molecule has 5 nitrogen and oxygen atoms in total. The molecule has 1 aliphatic heterocycles. The molecule has 1 heterocycles. The highest BCUT2D eigenvalue weighted by Crippen LogP contribution is 2.28. The summed E-state index contributed by atoms with van der Waals surface area (Å²) in [5.74, 6) is 0.646. The number of hydrogen-bond donors (Lipinski definition) is 1. The van der Waals surface area contributed by atoms with E-state index in [-0.39, 0.29) is 10.6 Å². The van der Waals surface area contributed by atoms with Gasteiger partial charge in [-0.2, -0.15) is 0 Å². The average Bonchev–Trinajstić information content (AvgIpc) is 2.36. The van der Waals surface area contributed by atoms with Crippen molar-refractivity contribution < 1.29 is 4.92 Å². The van der Waals surface area contributed by atoms with Crippen LogP contribution in [0.25, 0.3) is 0 Å². The van der Waals surface area contributed by atoms with E-state index in [0.29, 0.717) is 10.4 Å². The lowest BCUT2D eigenvalue weighted by atomic mass is 9.98. The van der Waals surface area contributed by atoms with Gasteiger partial charge in [0.1, 0.15) is 0 Å². The van der Waals surface area contributed by atoms with Gasteiger partial charge >= 0.3 is 0 Å². The third-order valence-electron chi connectivity index (χ3n) is 3.46. The first-order valence-electron chi connectivity index (χ1n) is 6.42. The summed E-state index contributed by atoms with van der Waals surface area (Å²) < 4.78 is 0.517. The van der Waals surface area contributed by atoms with Gasteiger partial charge in [0.05, 0.1) is 9.40 Å². The Morgan fingerprint density at radius 3 is 3.00 bits per heavy atom. The number of nitro groups is 1. The van der Waals surface area contributed by atoms with Crippen LogP contribution in [0.5, 0.6) is 0 Å². The number of anilines is 1. The van der Waals surface area contributed by atoms with Crippen molar-refractivity contribution in [2.75, 3.05) is 32.0 Å². The maximum absolute atomic E-state index is 10.7. The SMILES string of the molecule is CN1CCCC(CNc2ccc([N+](=O)[O-])c(Br)c2)C1. The van der Waals surface area contributed by atoms with Crippen LogP contribution >= 0.6 is 15.9 Å². The molecule has 0 radical (unpaired) electrons. The molecule has 0 bridgehead atoms. The maximum Gasteiger partial charge on any atom is 0.283 e. The van der Waals surface area contributed by atoms with Crippen LogP contribution in [0.1, 0.15) is 12.8 Å². The van der Waals surface area contributed by atoms with Crippen molar-refractivity contribution in [3.05, 3.63) is 32.8 Å². The zero-order chi connectivity index (χ0) is 13.8. The number of nitrogens with one attached hydrogen (secondary N) is 1. The Hall–Kier alpha value is -1.14. The van der Waals surface area contributed by atoms with Gasteiger partial charge in [0, 0.05) is 24.8 Å². The Morgan fingerprint density at radius 2 is 2.37 bits per heavy atom. The van der Waals surface area contributed by atoms with Crippen molar-refractivity contribution in [2.24, 2.45) is 5.92 Å². The average molecular weight is 328 g/mol. The summed E-state index contributed by atoms with van der Waals surface area (Å²) in [7, 11) is 2.15. The molecule has 0 amide bonds. The standard InChI is InChI=1S/C13H18BrN3O2/c1-16-6-2-3-10(9-16)8-15-11-4-5-13(17(18)19)12(14)7-11/h4-5,7,10,15H,2-3,6,8-9H2,1H3. The van der Waals surface area contributed by atoms with E-state index >= 15 is 0 Å². The number of benzene rings is 1. The van der Waals surface area contributed by atoms with Gasteiger partial charge in [0.15, 0.2) is 0 Å². The zero-order valence-electron chi connectivity index (χ0n) is 10.9. The predicted octanol–water partition coefficient (Wildman–Crippen LogP) is 3.11. The van der Waals surface area contributed by atoms with Gasteiger partial charge in [-0.05, 0) is 60.4 Å². The first-order valence-corrected chi connectivity index (χ1v) is 7.22. The van der Waals surface area contributed by atoms with E-state index in [1.165, 1.54) is 25.5 Å². The number of nitro benzene ring substituents is 1. The van der Waals surface area contributed by atoms with E-state index in [2.05, 4.69) is 33.2 Å². The highest BCUT2D eigenvalue weighted by Gasteiger charge is 2.17. The van der Waals surface area contributed by atoms with Crippen LogP contribution < -0.4 is 5.32 Å². The molecule has 0 aromatic heterocycles. The van der Waals surface area contributed by atoms with Crippen LogP contribution in [-0.2, 0) is 0 Å². The lowest BCUT2D eigenvalue weighted by molar-refractivity contribution is -0.385. The summed E-state index contributed by atoms with van der Waals surface area (Å²) in [4.78, 5) is 12.7. The van der Waals surface area contributed by atoms with Gasteiger partial charge in [0.2, 0.25) is 0 Å². The van der Waals surface area contributed by atoms with Gasteiger partial charge in [-0.3, -0.25) is 10.1 Å². The van der Waals surface area contributed by atoms with E-state index in [1.807, 2.05) is 0 Å². The monoisotopic (exact) mass is 327 g/mol.